The van der Waals surface area contributed by atoms with Gasteiger partial charge in [-0.1, -0.05) is 13.0 Å². The Morgan fingerprint density at radius 1 is 1.26 bits per heavy atom. The zero-order valence-electron chi connectivity index (χ0n) is 15.2. The van der Waals surface area contributed by atoms with Crippen molar-refractivity contribution in [3.05, 3.63) is 50.4 Å². The number of hydrogen-bond donors (Lipinski definition) is 1. The summed E-state index contributed by atoms with van der Waals surface area (Å²) in [5, 5.41) is 14.1. The first-order valence-corrected chi connectivity index (χ1v) is 9.14. The summed E-state index contributed by atoms with van der Waals surface area (Å²) in [5.74, 6) is -1.04. The normalized spacial score (nSPS) is 10.3. The minimum atomic E-state index is -0.564. The first kappa shape index (κ1) is 20.4. The van der Waals surface area contributed by atoms with Crippen LogP contribution in [0.3, 0.4) is 0 Å². The Balaban J connectivity index is 2.10. The molecule has 144 valence electrons. The smallest absolute Gasteiger partial charge is 0.341 e. The van der Waals surface area contributed by atoms with E-state index in [9.17, 15) is 19.7 Å². The topological polar surface area (TPSA) is 108 Å². The first-order valence-electron chi connectivity index (χ1n) is 8.33. The van der Waals surface area contributed by atoms with Crippen molar-refractivity contribution in [3.63, 3.8) is 0 Å². The van der Waals surface area contributed by atoms with Gasteiger partial charge in [-0.25, -0.2) is 4.79 Å². The third-order valence-corrected chi connectivity index (χ3v) is 4.74. The molecule has 1 amide bonds. The lowest BCUT2D eigenvalue weighted by Gasteiger charge is -2.08. The van der Waals surface area contributed by atoms with Crippen LogP contribution in [-0.2, 0) is 16.0 Å². The lowest BCUT2D eigenvalue weighted by atomic mass is 10.2. The molecule has 1 aromatic heterocycles. The summed E-state index contributed by atoms with van der Waals surface area (Å²) < 4.78 is 10.3. The van der Waals surface area contributed by atoms with E-state index < -0.39 is 23.4 Å². The molecule has 27 heavy (non-hydrogen) atoms. The SMILES string of the molecule is CCOC(=O)c1cc(CC)sc1NC(=O)COc1ccc(C)cc1[N+](=O)[O-]. The van der Waals surface area contributed by atoms with Crippen LogP contribution in [0, 0.1) is 17.0 Å². The molecule has 9 heteroatoms. The predicted octanol–water partition coefficient (Wildman–Crippen LogP) is 3.72. The van der Waals surface area contributed by atoms with E-state index in [0.29, 0.717) is 17.0 Å². The Morgan fingerprint density at radius 2 is 2.00 bits per heavy atom. The van der Waals surface area contributed by atoms with Gasteiger partial charge in [-0.3, -0.25) is 14.9 Å². The van der Waals surface area contributed by atoms with Gasteiger partial charge < -0.3 is 14.8 Å². The van der Waals surface area contributed by atoms with Crippen LogP contribution in [0.4, 0.5) is 10.7 Å². The summed E-state index contributed by atoms with van der Waals surface area (Å²) in [6.45, 7) is 5.16. The minimum absolute atomic E-state index is 0.00629. The maximum absolute atomic E-state index is 12.2. The fraction of sp³-hybridized carbons (Fsp3) is 0.333. The molecule has 0 radical (unpaired) electrons. The third kappa shape index (κ3) is 5.27. The number of hydrogen-bond acceptors (Lipinski definition) is 7. The highest BCUT2D eigenvalue weighted by molar-refractivity contribution is 7.16. The monoisotopic (exact) mass is 392 g/mol. The molecule has 0 aliphatic rings. The van der Waals surface area contributed by atoms with E-state index in [1.807, 2.05) is 6.92 Å². The second-order valence-corrected chi connectivity index (χ2v) is 6.73. The van der Waals surface area contributed by atoms with E-state index in [1.54, 1.807) is 26.0 Å². The zero-order valence-corrected chi connectivity index (χ0v) is 16.1. The summed E-state index contributed by atoms with van der Waals surface area (Å²) in [4.78, 5) is 35.7. The highest BCUT2D eigenvalue weighted by atomic mass is 32.1. The third-order valence-electron chi connectivity index (χ3n) is 3.55. The molecule has 0 fully saturated rings. The molecule has 0 saturated heterocycles. The fourth-order valence-electron chi connectivity index (χ4n) is 2.27. The van der Waals surface area contributed by atoms with E-state index in [1.165, 1.54) is 23.5 Å². The second-order valence-electron chi connectivity index (χ2n) is 5.59. The quantitative estimate of drug-likeness (QED) is 0.417. The van der Waals surface area contributed by atoms with E-state index >= 15 is 0 Å². The number of rotatable bonds is 8. The lowest BCUT2D eigenvalue weighted by molar-refractivity contribution is -0.385. The van der Waals surface area contributed by atoms with Gasteiger partial charge in [-0.2, -0.15) is 0 Å². The first-order chi connectivity index (χ1) is 12.8. The number of esters is 1. The van der Waals surface area contributed by atoms with Gasteiger partial charge in [0.1, 0.15) is 5.00 Å². The van der Waals surface area contributed by atoms with Gasteiger partial charge in [0, 0.05) is 10.9 Å². The van der Waals surface area contributed by atoms with Crippen molar-refractivity contribution in [2.75, 3.05) is 18.5 Å². The Labute approximate surface area is 160 Å². The van der Waals surface area contributed by atoms with Crippen molar-refractivity contribution >= 4 is 33.9 Å². The highest BCUT2D eigenvalue weighted by Gasteiger charge is 2.20. The second kappa shape index (κ2) is 9.13. The number of carbonyl (C=O) groups excluding carboxylic acids is 2. The molecule has 0 unspecified atom stereocenters. The van der Waals surface area contributed by atoms with Gasteiger partial charge in [-0.05, 0) is 38.0 Å². The molecular formula is C18H20N2O6S. The number of aryl methyl sites for hydroxylation is 2. The van der Waals surface area contributed by atoms with Crippen LogP contribution < -0.4 is 10.1 Å². The molecule has 0 atom stereocenters. The maximum atomic E-state index is 12.2. The molecular weight excluding hydrogens is 372 g/mol. The molecule has 0 bridgehead atoms. The number of nitro benzene ring substituents is 1. The van der Waals surface area contributed by atoms with Gasteiger partial charge in [0.15, 0.2) is 12.4 Å². The van der Waals surface area contributed by atoms with Gasteiger partial charge in [0.25, 0.3) is 5.91 Å². The molecule has 0 aliphatic heterocycles. The molecule has 2 aromatic rings. The molecule has 0 spiro atoms. The van der Waals surface area contributed by atoms with Crippen molar-refractivity contribution in [2.24, 2.45) is 0 Å². The molecule has 1 N–H and O–H groups in total. The number of ether oxygens (including phenoxy) is 2. The summed E-state index contributed by atoms with van der Waals surface area (Å²) in [5.41, 5.74) is 0.788. The maximum Gasteiger partial charge on any atom is 0.341 e. The summed E-state index contributed by atoms with van der Waals surface area (Å²) >= 11 is 1.28. The van der Waals surface area contributed by atoms with Crippen LogP contribution >= 0.6 is 11.3 Å². The highest BCUT2D eigenvalue weighted by Crippen LogP contribution is 2.30. The Hall–Kier alpha value is -2.94. The van der Waals surface area contributed by atoms with E-state index in [2.05, 4.69) is 5.32 Å². The number of carbonyl (C=O) groups is 2. The van der Waals surface area contributed by atoms with Crippen molar-refractivity contribution in [1.82, 2.24) is 0 Å². The van der Waals surface area contributed by atoms with Crippen molar-refractivity contribution in [1.29, 1.82) is 0 Å². The summed E-state index contributed by atoms with van der Waals surface area (Å²) in [6.07, 6.45) is 0.707. The average molecular weight is 392 g/mol. The van der Waals surface area contributed by atoms with Crippen LogP contribution in [0.15, 0.2) is 24.3 Å². The molecule has 0 aliphatic carbocycles. The number of anilines is 1. The lowest BCUT2D eigenvalue weighted by Crippen LogP contribution is -2.21. The summed E-state index contributed by atoms with van der Waals surface area (Å²) in [6, 6.07) is 6.17. The number of benzene rings is 1. The molecule has 1 aromatic carbocycles. The van der Waals surface area contributed by atoms with Crippen LogP contribution in [0.25, 0.3) is 0 Å². The van der Waals surface area contributed by atoms with Crippen molar-refractivity contribution in [3.8, 4) is 5.75 Å². The van der Waals surface area contributed by atoms with E-state index in [-0.39, 0.29) is 23.6 Å². The number of thiophene rings is 1. The number of nitrogens with zero attached hydrogens (tertiary/aromatic N) is 1. The fourth-order valence-corrected chi connectivity index (χ4v) is 3.27. The van der Waals surface area contributed by atoms with Gasteiger partial charge >= 0.3 is 11.7 Å². The van der Waals surface area contributed by atoms with E-state index in [0.717, 1.165) is 4.88 Å². The summed E-state index contributed by atoms with van der Waals surface area (Å²) in [7, 11) is 0. The standard InChI is InChI=1S/C18H20N2O6S/c1-4-12-9-13(18(22)25-5-2)17(27-12)19-16(21)10-26-15-7-6-11(3)8-14(15)20(23)24/h6-9H,4-5,10H2,1-3H3,(H,19,21). The number of amides is 1. The molecule has 1 heterocycles. The molecule has 0 saturated carbocycles. The van der Waals surface area contributed by atoms with Gasteiger partial charge in [0.05, 0.1) is 17.1 Å². The Kier molecular flexibility index (Phi) is 6.89. The van der Waals surface area contributed by atoms with Crippen molar-refractivity contribution < 1.29 is 24.0 Å². The Morgan fingerprint density at radius 3 is 2.63 bits per heavy atom. The van der Waals surface area contributed by atoms with Crippen molar-refractivity contribution in [2.45, 2.75) is 27.2 Å². The van der Waals surface area contributed by atoms with Gasteiger partial charge in [-0.15, -0.1) is 11.3 Å². The number of nitro groups is 1. The average Bonchev–Trinajstić information content (AvgIpc) is 3.03. The van der Waals surface area contributed by atoms with Crippen LogP contribution in [0.5, 0.6) is 5.75 Å². The van der Waals surface area contributed by atoms with Crippen LogP contribution in [-0.4, -0.2) is 30.0 Å². The number of nitrogens with one attached hydrogen (secondary N) is 1. The molecule has 2 rings (SSSR count). The molecule has 8 nitrogen and oxygen atoms in total. The van der Waals surface area contributed by atoms with Crippen LogP contribution in [0.2, 0.25) is 0 Å². The van der Waals surface area contributed by atoms with Crippen LogP contribution in [0.1, 0.15) is 34.6 Å². The largest absolute Gasteiger partial charge is 0.477 e. The zero-order chi connectivity index (χ0) is 20.0. The van der Waals surface area contributed by atoms with E-state index in [4.69, 9.17) is 9.47 Å². The van der Waals surface area contributed by atoms with Gasteiger partial charge in [0.2, 0.25) is 0 Å². The predicted molar refractivity (Wildman–Crippen MR) is 102 cm³/mol. The minimum Gasteiger partial charge on any atom is -0.477 e. The Bertz CT molecular complexity index is 862.